The predicted octanol–water partition coefficient (Wildman–Crippen LogP) is 4.93. The van der Waals surface area contributed by atoms with Crippen molar-refractivity contribution in [3.8, 4) is 0 Å². The molecule has 0 aliphatic carbocycles. The highest BCUT2D eigenvalue weighted by Gasteiger charge is 2.09. The molecule has 1 N–H and O–H groups in total. The Labute approximate surface area is 135 Å². The molecular formula is C19H32N2O. The van der Waals surface area contributed by atoms with E-state index in [1.54, 1.807) is 6.20 Å². The number of aromatic nitrogens is 1. The van der Waals surface area contributed by atoms with Crippen molar-refractivity contribution in [1.82, 2.24) is 10.3 Å². The largest absolute Gasteiger partial charge is 0.352 e. The van der Waals surface area contributed by atoms with Crippen molar-refractivity contribution in [2.75, 3.05) is 6.54 Å². The summed E-state index contributed by atoms with van der Waals surface area (Å²) >= 11 is 0. The summed E-state index contributed by atoms with van der Waals surface area (Å²) in [5.74, 6) is 0.378. The van der Waals surface area contributed by atoms with Crippen LogP contribution in [0.25, 0.3) is 0 Å². The number of carbonyl (C=O) groups excluding carboxylic acids is 1. The number of amides is 1. The van der Waals surface area contributed by atoms with E-state index in [-0.39, 0.29) is 5.91 Å². The zero-order chi connectivity index (χ0) is 16.6. The standard InChI is InChI=1S/C19H32N2O/c1-15(2)17-11-10-16(14-21-17)18(22)20-13-9-7-6-8-12-19(3,4)5/h10-11,14-15H,6-9,12-13H2,1-5H3,(H,20,22). The molecule has 0 bridgehead atoms. The van der Waals surface area contributed by atoms with E-state index in [9.17, 15) is 4.79 Å². The van der Waals surface area contributed by atoms with E-state index in [0.717, 1.165) is 18.7 Å². The maximum absolute atomic E-state index is 12.0. The van der Waals surface area contributed by atoms with Gasteiger partial charge in [0.15, 0.2) is 0 Å². The maximum atomic E-state index is 12.0. The second-order valence-corrected chi connectivity index (χ2v) is 7.61. The first-order valence-corrected chi connectivity index (χ1v) is 8.54. The molecule has 0 spiro atoms. The Kier molecular flexibility index (Phi) is 7.57. The van der Waals surface area contributed by atoms with Crippen LogP contribution < -0.4 is 5.32 Å². The van der Waals surface area contributed by atoms with Crippen LogP contribution in [0.4, 0.5) is 0 Å². The molecule has 1 amide bonds. The third-order valence-corrected chi connectivity index (χ3v) is 3.78. The second-order valence-electron chi connectivity index (χ2n) is 7.61. The van der Waals surface area contributed by atoms with Gasteiger partial charge in [-0.25, -0.2) is 0 Å². The molecule has 3 heteroatoms. The van der Waals surface area contributed by atoms with Crippen LogP contribution in [0.5, 0.6) is 0 Å². The Hall–Kier alpha value is -1.38. The monoisotopic (exact) mass is 304 g/mol. The lowest BCUT2D eigenvalue weighted by Gasteiger charge is -2.17. The van der Waals surface area contributed by atoms with Gasteiger partial charge < -0.3 is 5.32 Å². The van der Waals surface area contributed by atoms with Gasteiger partial charge in [0.25, 0.3) is 5.91 Å². The molecule has 1 aromatic rings. The zero-order valence-electron chi connectivity index (χ0n) is 14.9. The molecule has 0 aliphatic rings. The van der Waals surface area contributed by atoms with E-state index >= 15 is 0 Å². The van der Waals surface area contributed by atoms with Crippen LogP contribution in [0.3, 0.4) is 0 Å². The van der Waals surface area contributed by atoms with Gasteiger partial charge in [-0.1, -0.05) is 53.9 Å². The van der Waals surface area contributed by atoms with E-state index in [4.69, 9.17) is 0 Å². The number of nitrogens with zero attached hydrogens (tertiary/aromatic N) is 1. The molecule has 124 valence electrons. The van der Waals surface area contributed by atoms with Crippen LogP contribution >= 0.6 is 0 Å². The minimum atomic E-state index is -0.0162. The number of hydrogen-bond acceptors (Lipinski definition) is 2. The average Bonchev–Trinajstić information content (AvgIpc) is 2.45. The quantitative estimate of drug-likeness (QED) is 0.692. The molecule has 0 radical (unpaired) electrons. The Morgan fingerprint density at radius 3 is 2.36 bits per heavy atom. The van der Waals surface area contributed by atoms with Gasteiger partial charge in [0.1, 0.15) is 0 Å². The smallest absolute Gasteiger partial charge is 0.252 e. The fourth-order valence-electron chi connectivity index (χ4n) is 2.32. The molecule has 0 aromatic carbocycles. The highest BCUT2D eigenvalue weighted by atomic mass is 16.1. The zero-order valence-corrected chi connectivity index (χ0v) is 14.9. The van der Waals surface area contributed by atoms with Crippen molar-refractivity contribution in [3.05, 3.63) is 29.6 Å². The van der Waals surface area contributed by atoms with Crippen LogP contribution in [0.2, 0.25) is 0 Å². The molecule has 1 rings (SSSR count). The van der Waals surface area contributed by atoms with Gasteiger partial charge in [-0.2, -0.15) is 0 Å². The van der Waals surface area contributed by atoms with E-state index < -0.39 is 0 Å². The number of nitrogens with one attached hydrogen (secondary N) is 1. The minimum absolute atomic E-state index is 0.0162. The van der Waals surface area contributed by atoms with Gasteiger partial charge in [-0.15, -0.1) is 0 Å². The molecule has 1 heterocycles. The molecule has 3 nitrogen and oxygen atoms in total. The summed E-state index contributed by atoms with van der Waals surface area (Å²) in [6.45, 7) is 11.8. The third-order valence-electron chi connectivity index (χ3n) is 3.78. The molecule has 0 saturated carbocycles. The lowest BCUT2D eigenvalue weighted by atomic mass is 9.89. The number of unbranched alkanes of at least 4 members (excludes halogenated alkanes) is 3. The molecule has 1 aromatic heterocycles. The van der Waals surface area contributed by atoms with Crippen LogP contribution in [0.1, 0.15) is 88.7 Å². The van der Waals surface area contributed by atoms with Crippen molar-refractivity contribution in [2.45, 2.75) is 72.6 Å². The van der Waals surface area contributed by atoms with Gasteiger partial charge in [0, 0.05) is 18.4 Å². The number of carbonyl (C=O) groups is 1. The molecule has 0 fully saturated rings. The van der Waals surface area contributed by atoms with Crippen molar-refractivity contribution >= 4 is 5.91 Å². The first-order chi connectivity index (χ1) is 10.3. The summed E-state index contributed by atoms with van der Waals surface area (Å²) in [6, 6.07) is 3.80. The molecular weight excluding hydrogens is 272 g/mol. The summed E-state index contributed by atoms with van der Waals surface area (Å²) in [5.41, 5.74) is 2.11. The fourth-order valence-corrected chi connectivity index (χ4v) is 2.32. The molecule has 0 aliphatic heterocycles. The lowest BCUT2D eigenvalue weighted by Crippen LogP contribution is -2.24. The molecule has 0 unspecified atom stereocenters. The third kappa shape index (κ3) is 7.58. The first-order valence-electron chi connectivity index (χ1n) is 8.54. The highest BCUT2D eigenvalue weighted by molar-refractivity contribution is 5.93. The number of pyridine rings is 1. The molecule has 0 saturated heterocycles. The molecule has 0 atom stereocenters. The van der Waals surface area contributed by atoms with E-state index in [0.29, 0.717) is 16.9 Å². The van der Waals surface area contributed by atoms with Gasteiger partial charge in [-0.3, -0.25) is 9.78 Å². The van der Waals surface area contributed by atoms with Crippen LogP contribution in [-0.2, 0) is 0 Å². The van der Waals surface area contributed by atoms with Crippen molar-refractivity contribution in [3.63, 3.8) is 0 Å². The van der Waals surface area contributed by atoms with Crippen molar-refractivity contribution in [2.24, 2.45) is 5.41 Å². The van der Waals surface area contributed by atoms with E-state index in [1.807, 2.05) is 12.1 Å². The lowest BCUT2D eigenvalue weighted by molar-refractivity contribution is 0.0952. The van der Waals surface area contributed by atoms with Crippen LogP contribution in [0.15, 0.2) is 18.3 Å². The summed E-state index contributed by atoms with van der Waals surface area (Å²) in [7, 11) is 0. The first kappa shape index (κ1) is 18.7. The van der Waals surface area contributed by atoms with E-state index in [1.165, 1.54) is 25.7 Å². The van der Waals surface area contributed by atoms with Crippen LogP contribution in [0, 0.1) is 5.41 Å². The minimum Gasteiger partial charge on any atom is -0.352 e. The van der Waals surface area contributed by atoms with Crippen molar-refractivity contribution in [1.29, 1.82) is 0 Å². The fraction of sp³-hybridized carbons (Fsp3) is 0.684. The Balaban J connectivity index is 2.18. The van der Waals surface area contributed by atoms with Gasteiger partial charge in [0.05, 0.1) is 5.56 Å². The average molecular weight is 304 g/mol. The van der Waals surface area contributed by atoms with E-state index in [2.05, 4.69) is 44.9 Å². The number of rotatable bonds is 8. The molecule has 22 heavy (non-hydrogen) atoms. The van der Waals surface area contributed by atoms with Crippen LogP contribution in [-0.4, -0.2) is 17.4 Å². The van der Waals surface area contributed by atoms with Gasteiger partial charge in [0.2, 0.25) is 0 Å². The summed E-state index contributed by atoms with van der Waals surface area (Å²) in [5, 5.41) is 2.98. The topological polar surface area (TPSA) is 42.0 Å². The van der Waals surface area contributed by atoms with Gasteiger partial charge in [-0.05, 0) is 36.3 Å². The SMILES string of the molecule is CC(C)c1ccc(C(=O)NCCCCCCC(C)(C)C)cn1. The second kappa shape index (κ2) is 8.92. The highest BCUT2D eigenvalue weighted by Crippen LogP contribution is 2.22. The Morgan fingerprint density at radius 1 is 1.14 bits per heavy atom. The summed E-state index contributed by atoms with van der Waals surface area (Å²) in [4.78, 5) is 16.3. The summed E-state index contributed by atoms with van der Waals surface area (Å²) in [6.07, 6.45) is 7.70. The Bertz CT molecular complexity index is 443. The predicted molar refractivity (Wildman–Crippen MR) is 93.2 cm³/mol. The summed E-state index contributed by atoms with van der Waals surface area (Å²) < 4.78 is 0. The maximum Gasteiger partial charge on any atom is 0.252 e. The normalized spacial score (nSPS) is 11.7. The Morgan fingerprint density at radius 2 is 1.82 bits per heavy atom. The van der Waals surface area contributed by atoms with Crippen molar-refractivity contribution < 1.29 is 4.79 Å². The number of hydrogen-bond donors (Lipinski definition) is 1. The van der Waals surface area contributed by atoms with Gasteiger partial charge >= 0.3 is 0 Å².